The van der Waals surface area contributed by atoms with Crippen LogP contribution in [-0.4, -0.2) is 44.4 Å². The van der Waals surface area contributed by atoms with Crippen LogP contribution in [0.3, 0.4) is 0 Å². The smallest absolute Gasteiger partial charge is 0.251 e. The number of methoxy groups -OCH3 is 1. The molecule has 3 atom stereocenters. The maximum absolute atomic E-state index is 13.7. The van der Waals surface area contributed by atoms with Crippen molar-refractivity contribution >= 4 is 27.5 Å². The molecule has 8 heteroatoms. The van der Waals surface area contributed by atoms with E-state index in [9.17, 15) is 13.2 Å². The number of amides is 1. The lowest BCUT2D eigenvalue weighted by atomic mass is 9.86. The van der Waals surface area contributed by atoms with Crippen LogP contribution in [0, 0.1) is 5.92 Å². The Morgan fingerprint density at radius 2 is 1.76 bits per heavy atom. The minimum Gasteiger partial charge on any atom is -0.383 e. The first-order chi connectivity index (χ1) is 15.7. The topological polar surface area (TPSA) is 75.7 Å². The van der Waals surface area contributed by atoms with E-state index in [-0.39, 0.29) is 35.3 Å². The molecule has 1 fully saturated rings. The molecule has 3 rings (SSSR count). The van der Waals surface area contributed by atoms with E-state index in [1.807, 2.05) is 19.1 Å². The van der Waals surface area contributed by atoms with E-state index in [1.54, 1.807) is 47.8 Å². The summed E-state index contributed by atoms with van der Waals surface area (Å²) in [6.07, 6.45) is 3.99. The van der Waals surface area contributed by atoms with Crippen molar-refractivity contribution in [3.8, 4) is 0 Å². The highest BCUT2D eigenvalue weighted by molar-refractivity contribution is 7.89. The first-order valence-corrected chi connectivity index (χ1v) is 13.2. The van der Waals surface area contributed by atoms with E-state index in [4.69, 9.17) is 16.3 Å². The average Bonchev–Trinajstić information content (AvgIpc) is 2.79. The molecule has 1 amide bonds. The Labute approximate surface area is 202 Å². The van der Waals surface area contributed by atoms with E-state index in [2.05, 4.69) is 12.2 Å². The summed E-state index contributed by atoms with van der Waals surface area (Å²) in [5.74, 6) is 0.0887. The van der Waals surface area contributed by atoms with Gasteiger partial charge in [0.2, 0.25) is 10.0 Å². The molecule has 33 heavy (non-hydrogen) atoms. The fraction of sp³-hybridized carbons (Fsp3) is 0.480. The van der Waals surface area contributed by atoms with Gasteiger partial charge in [-0.15, -0.1) is 0 Å². The molecule has 2 aromatic carbocycles. The molecule has 2 aromatic rings. The highest BCUT2D eigenvalue weighted by atomic mass is 35.5. The van der Waals surface area contributed by atoms with Crippen LogP contribution in [0.5, 0.6) is 0 Å². The zero-order chi connectivity index (χ0) is 24.0. The van der Waals surface area contributed by atoms with Gasteiger partial charge in [0, 0.05) is 36.3 Å². The van der Waals surface area contributed by atoms with Gasteiger partial charge in [-0.25, -0.2) is 8.42 Å². The normalized spacial score (nSPS) is 19.9. The highest BCUT2D eigenvalue weighted by Gasteiger charge is 2.36. The maximum atomic E-state index is 13.7. The van der Waals surface area contributed by atoms with Crippen LogP contribution >= 0.6 is 11.6 Å². The van der Waals surface area contributed by atoms with Crippen molar-refractivity contribution in [3.05, 3.63) is 64.7 Å². The van der Waals surface area contributed by atoms with Crippen LogP contribution in [0.25, 0.3) is 0 Å². The minimum absolute atomic E-state index is 0.0719. The Morgan fingerprint density at radius 1 is 1.12 bits per heavy atom. The summed E-state index contributed by atoms with van der Waals surface area (Å²) in [4.78, 5) is 12.7. The molecule has 0 bridgehead atoms. The third-order valence-electron chi connectivity index (χ3n) is 6.21. The number of sulfonamides is 1. The number of halogens is 1. The van der Waals surface area contributed by atoms with Crippen molar-refractivity contribution in [1.82, 2.24) is 9.62 Å². The molecule has 1 aliphatic carbocycles. The van der Waals surface area contributed by atoms with Crippen molar-refractivity contribution in [2.45, 2.75) is 63.1 Å². The lowest BCUT2D eigenvalue weighted by Gasteiger charge is -2.37. The molecule has 0 heterocycles. The molecule has 0 saturated heterocycles. The van der Waals surface area contributed by atoms with Gasteiger partial charge in [0.05, 0.1) is 11.5 Å². The van der Waals surface area contributed by atoms with E-state index in [0.29, 0.717) is 17.2 Å². The lowest BCUT2D eigenvalue weighted by molar-refractivity contribution is 0.0905. The van der Waals surface area contributed by atoms with Crippen molar-refractivity contribution in [3.63, 3.8) is 0 Å². The van der Waals surface area contributed by atoms with E-state index >= 15 is 0 Å². The molecule has 1 aliphatic rings. The number of benzene rings is 2. The predicted molar refractivity (Wildman–Crippen MR) is 131 cm³/mol. The third-order valence-corrected chi connectivity index (χ3v) is 8.34. The zero-order valence-electron chi connectivity index (χ0n) is 19.5. The Kier molecular flexibility index (Phi) is 8.93. The van der Waals surface area contributed by atoms with E-state index < -0.39 is 10.0 Å². The Hall–Kier alpha value is -1.93. The molecule has 0 aromatic heterocycles. The van der Waals surface area contributed by atoms with E-state index in [0.717, 1.165) is 31.2 Å². The number of hydrogen-bond acceptors (Lipinski definition) is 4. The Bertz CT molecular complexity index is 1030. The number of nitrogens with zero attached hydrogens (tertiary/aromatic N) is 1. The summed E-state index contributed by atoms with van der Waals surface area (Å²) in [5, 5.41) is 3.38. The monoisotopic (exact) mass is 492 g/mol. The standard InChI is InChI=1S/C25H33ClN2O4S/c1-18-6-4-5-7-24(18)28(33(30,31)23-14-12-22(26)13-15-23)16-20-8-10-21(11-9-20)25(29)27-19(2)17-32-3/h8-15,18-19,24H,4-7,16-17H2,1-3H3,(H,27,29)/t18?,19-,24?/m1/s1. The highest BCUT2D eigenvalue weighted by Crippen LogP contribution is 2.33. The first kappa shape index (κ1) is 25.7. The second-order valence-corrected chi connectivity index (χ2v) is 11.2. The summed E-state index contributed by atoms with van der Waals surface area (Å²) < 4.78 is 34.0. The number of nitrogens with one attached hydrogen (secondary N) is 1. The van der Waals surface area contributed by atoms with Crippen LogP contribution in [0.15, 0.2) is 53.4 Å². The summed E-state index contributed by atoms with van der Waals surface area (Å²) in [6.45, 7) is 4.69. The quantitative estimate of drug-likeness (QED) is 0.541. The van der Waals surface area contributed by atoms with Crippen LogP contribution in [0.1, 0.15) is 55.5 Å². The van der Waals surface area contributed by atoms with Gasteiger partial charge in [-0.1, -0.05) is 43.5 Å². The average molecular weight is 493 g/mol. The zero-order valence-corrected chi connectivity index (χ0v) is 21.0. The van der Waals surface area contributed by atoms with Gasteiger partial charge in [-0.05, 0) is 67.6 Å². The Balaban J connectivity index is 1.84. The van der Waals surface area contributed by atoms with Crippen LogP contribution < -0.4 is 5.32 Å². The summed E-state index contributed by atoms with van der Waals surface area (Å²) in [6, 6.07) is 13.3. The molecule has 1 N–H and O–H groups in total. The van der Waals surface area contributed by atoms with Crippen LogP contribution in [-0.2, 0) is 21.3 Å². The fourth-order valence-electron chi connectivity index (χ4n) is 4.39. The summed E-state index contributed by atoms with van der Waals surface area (Å²) >= 11 is 5.98. The molecule has 1 saturated carbocycles. The molecular weight excluding hydrogens is 460 g/mol. The van der Waals surface area contributed by atoms with Crippen molar-refractivity contribution in [2.24, 2.45) is 5.92 Å². The second-order valence-electron chi connectivity index (χ2n) is 8.86. The van der Waals surface area contributed by atoms with Gasteiger partial charge in [0.15, 0.2) is 0 Å². The molecule has 6 nitrogen and oxygen atoms in total. The van der Waals surface area contributed by atoms with Gasteiger partial charge >= 0.3 is 0 Å². The molecule has 0 radical (unpaired) electrons. The molecule has 180 valence electrons. The minimum atomic E-state index is -3.72. The van der Waals surface area contributed by atoms with Gasteiger partial charge in [0.25, 0.3) is 5.91 Å². The number of hydrogen-bond donors (Lipinski definition) is 1. The Morgan fingerprint density at radius 3 is 2.36 bits per heavy atom. The van der Waals surface area contributed by atoms with E-state index in [1.165, 1.54) is 0 Å². The number of carbonyl (C=O) groups is 1. The lowest BCUT2D eigenvalue weighted by Crippen LogP contribution is -2.44. The SMILES string of the molecule is COC[C@@H](C)NC(=O)c1ccc(CN(C2CCCCC2C)S(=O)(=O)c2ccc(Cl)cc2)cc1. The predicted octanol–water partition coefficient (Wildman–Crippen LogP) is 4.87. The van der Waals surface area contributed by atoms with Gasteiger partial charge < -0.3 is 10.1 Å². The fourth-order valence-corrected chi connectivity index (χ4v) is 6.25. The van der Waals surface area contributed by atoms with Crippen molar-refractivity contribution in [1.29, 1.82) is 0 Å². The van der Waals surface area contributed by atoms with Crippen molar-refractivity contribution < 1.29 is 17.9 Å². The molecule has 0 aliphatic heterocycles. The molecular formula is C25H33ClN2O4S. The van der Waals surface area contributed by atoms with Gasteiger partial charge in [0.1, 0.15) is 0 Å². The summed E-state index contributed by atoms with van der Waals surface area (Å²) in [7, 11) is -2.12. The van der Waals surface area contributed by atoms with Crippen LogP contribution in [0.2, 0.25) is 5.02 Å². The second kappa shape index (κ2) is 11.5. The number of rotatable bonds is 9. The van der Waals surface area contributed by atoms with Gasteiger partial charge in [-0.3, -0.25) is 4.79 Å². The summed E-state index contributed by atoms with van der Waals surface area (Å²) in [5.41, 5.74) is 1.37. The first-order valence-electron chi connectivity index (χ1n) is 11.4. The van der Waals surface area contributed by atoms with Crippen LogP contribution in [0.4, 0.5) is 0 Å². The van der Waals surface area contributed by atoms with Crippen molar-refractivity contribution in [2.75, 3.05) is 13.7 Å². The largest absolute Gasteiger partial charge is 0.383 e. The molecule has 2 unspecified atom stereocenters. The number of carbonyl (C=O) groups excluding carboxylic acids is 1. The van der Waals surface area contributed by atoms with Gasteiger partial charge in [-0.2, -0.15) is 4.31 Å². The number of ether oxygens (including phenoxy) is 1. The third kappa shape index (κ3) is 6.57. The molecule has 0 spiro atoms. The maximum Gasteiger partial charge on any atom is 0.251 e.